The van der Waals surface area contributed by atoms with Gasteiger partial charge < -0.3 is 26.2 Å². The zero-order valence-electron chi connectivity index (χ0n) is 22.8. The van der Waals surface area contributed by atoms with E-state index in [4.69, 9.17) is 17.3 Å². The van der Waals surface area contributed by atoms with E-state index in [-0.39, 0.29) is 24.0 Å². The number of nitrogens with one attached hydrogen (secondary N) is 2. The minimum Gasteiger partial charge on any atom is -0.453 e. The molecule has 3 atom stereocenters. The van der Waals surface area contributed by atoms with E-state index >= 15 is 0 Å². The minimum atomic E-state index is -3.87. The summed E-state index contributed by atoms with van der Waals surface area (Å²) in [6, 6.07) is 10.8. The largest absolute Gasteiger partial charge is 0.453 e. The van der Waals surface area contributed by atoms with Crippen molar-refractivity contribution in [2.24, 2.45) is 0 Å². The highest BCUT2D eigenvalue weighted by Crippen LogP contribution is 2.24. The van der Waals surface area contributed by atoms with E-state index in [9.17, 15) is 23.1 Å². The number of nitrogen functional groups attached to an aromatic ring is 1. The van der Waals surface area contributed by atoms with Crippen molar-refractivity contribution in [3.8, 4) is 0 Å². The van der Waals surface area contributed by atoms with Gasteiger partial charge in [0.1, 0.15) is 6.04 Å². The van der Waals surface area contributed by atoms with Crippen molar-refractivity contribution in [3.05, 3.63) is 59.1 Å². The minimum absolute atomic E-state index is 0.104. The topological polar surface area (TPSA) is 151 Å². The summed E-state index contributed by atoms with van der Waals surface area (Å²) >= 11 is 6.24. The molecule has 5 N–H and O–H groups in total. The number of carbonyl (C=O) groups is 2. The number of anilines is 1. The average molecular weight is 583 g/mol. The van der Waals surface area contributed by atoms with Gasteiger partial charge in [0.05, 0.1) is 18.6 Å². The average Bonchev–Trinajstić information content (AvgIpc) is 2.88. The first kappa shape index (κ1) is 32.4. The number of rotatable bonds is 14. The lowest BCUT2D eigenvalue weighted by molar-refractivity contribution is -0.123. The third-order valence-electron chi connectivity index (χ3n) is 6.27. The summed E-state index contributed by atoms with van der Waals surface area (Å²) < 4.78 is 32.7. The first-order chi connectivity index (χ1) is 18.4. The Morgan fingerprint density at radius 2 is 1.69 bits per heavy atom. The maximum absolute atomic E-state index is 13.4. The molecule has 39 heavy (non-hydrogen) atoms. The number of methoxy groups -OCH3 is 1. The molecule has 0 bridgehead atoms. The lowest BCUT2D eigenvalue weighted by Gasteiger charge is -2.33. The van der Waals surface area contributed by atoms with Crippen molar-refractivity contribution < 1.29 is 27.9 Å². The number of amides is 2. The predicted octanol–water partition coefficient (Wildman–Crippen LogP) is 3.32. The number of nitrogens with zero attached hydrogens (tertiary/aromatic N) is 1. The van der Waals surface area contributed by atoms with Crippen molar-refractivity contribution in [1.82, 2.24) is 14.9 Å². The van der Waals surface area contributed by atoms with Gasteiger partial charge in [-0.2, -0.15) is 4.31 Å². The molecule has 0 saturated carbocycles. The lowest BCUT2D eigenvalue weighted by Crippen LogP contribution is -2.50. The fraction of sp³-hybridized carbons (Fsp3) is 0.481. The third kappa shape index (κ3) is 9.38. The first-order valence-corrected chi connectivity index (χ1v) is 14.6. The molecule has 2 aromatic rings. The summed E-state index contributed by atoms with van der Waals surface area (Å²) in [5, 5.41) is 16.0. The van der Waals surface area contributed by atoms with Crippen LogP contribution in [0, 0.1) is 0 Å². The van der Waals surface area contributed by atoms with Crippen molar-refractivity contribution >= 4 is 39.3 Å². The van der Waals surface area contributed by atoms with Crippen LogP contribution >= 0.6 is 11.6 Å². The molecule has 12 heteroatoms. The van der Waals surface area contributed by atoms with Crippen LogP contribution in [0.15, 0.2) is 53.4 Å². The molecule has 2 rings (SSSR count). The second-order valence-electron chi connectivity index (χ2n) is 9.66. The van der Waals surface area contributed by atoms with Gasteiger partial charge in [0.15, 0.2) is 0 Å². The number of alkyl carbamates (subject to hydrolysis) is 1. The van der Waals surface area contributed by atoms with Crippen LogP contribution in [0.3, 0.4) is 0 Å². The molecule has 0 aliphatic heterocycles. The fourth-order valence-corrected chi connectivity index (χ4v) is 6.38. The molecule has 0 unspecified atom stereocenters. The first-order valence-electron chi connectivity index (χ1n) is 12.8. The Balaban J connectivity index is 2.04. The Morgan fingerprint density at radius 3 is 2.26 bits per heavy atom. The number of aliphatic hydroxyl groups is 1. The van der Waals surface area contributed by atoms with E-state index in [1.54, 1.807) is 38.1 Å². The Bertz CT molecular complexity index is 1190. The van der Waals surface area contributed by atoms with E-state index in [0.717, 1.165) is 0 Å². The number of carbonyl (C=O) groups excluding carboxylic acids is 2. The summed E-state index contributed by atoms with van der Waals surface area (Å²) in [6.07, 6.45) is 0.871. The third-order valence-corrected chi connectivity index (χ3v) is 8.79. The second kappa shape index (κ2) is 15.1. The number of halogens is 1. The highest BCUT2D eigenvalue weighted by Gasteiger charge is 2.33. The molecule has 0 aliphatic rings. The Labute approximate surface area is 235 Å². The molecule has 0 radical (unpaired) electrons. The fourth-order valence-electron chi connectivity index (χ4n) is 4.33. The zero-order valence-corrected chi connectivity index (χ0v) is 24.3. The van der Waals surface area contributed by atoms with Crippen LogP contribution in [0.5, 0.6) is 0 Å². The van der Waals surface area contributed by atoms with Gasteiger partial charge in [-0.3, -0.25) is 4.79 Å². The number of benzene rings is 2. The standard InChI is InChI=1S/C27H39ClN4O6S/c1-18(2)32(39(36,37)23-14-12-21(29)13-15-23)22(17-33)10-7-8-19(3)30-26(34)25(31-27(35)38-4)16-20-9-5-6-11-24(20)28/h5-6,9,11-15,18-19,22,25,33H,7-8,10,16-17,29H2,1-4H3,(H,30,34)(H,31,35)/t19-,22-,25-/m0/s1. The number of nitrogens with two attached hydrogens (primary N) is 1. The van der Waals surface area contributed by atoms with E-state index in [2.05, 4.69) is 15.4 Å². The van der Waals surface area contributed by atoms with Gasteiger partial charge in [-0.1, -0.05) is 29.8 Å². The van der Waals surface area contributed by atoms with Gasteiger partial charge in [-0.15, -0.1) is 0 Å². The van der Waals surface area contributed by atoms with Gasteiger partial charge in [0.2, 0.25) is 15.9 Å². The quantitative estimate of drug-likeness (QED) is 0.249. The van der Waals surface area contributed by atoms with Gasteiger partial charge in [-0.25, -0.2) is 13.2 Å². The van der Waals surface area contributed by atoms with E-state index in [1.165, 1.54) is 35.7 Å². The molecular weight excluding hydrogens is 544 g/mol. The molecule has 216 valence electrons. The number of hydrogen-bond donors (Lipinski definition) is 4. The molecular formula is C27H39ClN4O6S. The van der Waals surface area contributed by atoms with Crippen molar-refractivity contribution in [2.75, 3.05) is 19.5 Å². The molecule has 2 amide bonds. The number of ether oxygens (including phenoxy) is 1. The molecule has 0 heterocycles. The summed E-state index contributed by atoms with van der Waals surface area (Å²) in [6.45, 7) is 4.99. The van der Waals surface area contributed by atoms with E-state index < -0.39 is 40.1 Å². The van der Waals surface area contributed by atoms with Crippen molar-refractivity contribution in [3.63, 3.8) is 0 Å². The summed E-state index contributed by atoms with van der Waals surface area (Å²) in [5.41, 5.74) is 6.86. The molecule has 0 saturated heterocycles. The number of sulfonamides is 1. The SMILES string of the molecule is COC(=O)N[C@@H](Cc1ccccc1Cl)C(=O)N[C@@H](C)CCC[C@@H](CO)N(C(C)C)S(=O)(=O)c1ccc(N)cc1. The zero-order chi connectivity index (χ0) is 29.2. The monoisotopic (exact) mass is 582 g/mol. The highest BCUT2D eigenvalue weighted by atomic mass is 35.5. The summed E-state index contributed by atoms with van der Waals surface area (Å²) in [4.78, 5) is 25.0. The predicted molar refractivity (Wildman–Crippen MR) is 152 cm³/mol. The van der Waals surface area contributed by atoms with E-state index in [0.29, 0.717) is 35.5 Å². The van der Waals surface area contributed by atoms with Gasteiger partial charge in [-0.05, 0) is 75.9 Å². The second-order valence-corrected chi connectivity index (χ2v) is 11.9. The van der Waals surface area contributed by atoms with E-state index in [1.807, 2.05) is 6.92 Å². The normalized spacial score (nSPS) is 14.1. The Hall–Kier alpha value is -2.86. The molecule has 2 aromatic carbocycles. The lowest BCUT2D eigenvalue weighted by atomic mass is 10.0. The van der Waals surface area contributed by atoms with Crippen LogP contribution in [0.4, 0.5) is 10.5 Å². The smallest absolute Gasteiger partial charge is 0.407 e. The maximum Gasteiger partial charge on any atom is 0.407 e. The van der Waals surface area contributed by atoms with Gasteiger partial charge >= 0.3 is 6.09 Å². The van der Waals surface area contributed by atoms with Gasteiger partial charge in [0.25, 0.3) is 0 Å². The van der Waals surface area contributed by atoms with Crippen LogP contribution in [0.1, 0.15) is 45.6 Å². The summed E-state index contributed by atoms with van der Waals surface area (Å²) in [5.74, 6) is -0.402. The molecule has 0 fully saturated rings. The molecule has 0 aromatic heterocycles. The number of hydrogen-bond acceptors (Lipinski definition) is 7. The molecule has 0 aliphatic carbocycles. The molecule has 10 nitrogen and oxygen atoms in total. The Morgan fingerprint density at radius 1 is 1.05 bits per heavy atom. The van der Waals surface area contributed by atoms with Gasteiger partial charge in [0, 0.05) is 35.3 Å². The maximum atomic E-state index is 13.4. The summed E-state index contributed by atoms with van der Waals surface area (Å²) in [7, 11) is -2.66. The molecule has 0 spiro atoms. The van der Waals surface area contributed by atoms with Crippen LogP contribution in [0.2, 0.25) is 5.02 Å². The number of aliphatic hydroxyl groups excluding tert-OH is 1. The van der Waals surface area contributed by atoms with Crippen molar-refractivity contribution in [1.29, 1.82) is 0 Å². The van der Waals surface area contributed by atoms with Crippen molar-refractivity contribution in [2.45, 2.75) is 75.5 Å². The van der Waals surface area contributed by atoms with Crippen LogP contribution in [0.25, 0.3) is 0 Å². The van der Waals surface area contributed by atoms with Crippen LogP contribution in [-0.2, 0) is 26.0 Å². The Kier molecular flexibility index (Phi) is 12.5. The van der Waals surface area contributed by atoms with Crippen LogP contribution < -0.4 is 16.4 Å². The highest BCUT2D eigenvalue weighted by molar-refractivity contribution is 7.89. The van der Waals surface area contributed by atoms with Crippen LogP contribution in [-0.4, -0.2) is 67.7 Å².